The molecule has 0 atom stereocenters. The molecule has 0 aromatic carbocycles. The lowest BCUT2D eigenvalue weighted by atomic mass is 9.89. The first-order valence-electron chi connectivity index (χ1n) is 6.29. The average molecular weight is 265 g/mol. The maximum atomic E-state index is 11.4. The summed E-state index contributed by atoms with van der Waals surface area (Å²) in [5.74, 6) is 0.804. The van der Waals surface area contributed by atoms with Crippen LogP contribution in [0.3, 0.4) is 0 Å². The van der Waals surface area contributed by atoms with Crippen molar-refractivity contribution in [2.24, 2.45) is 5.92 Å². The van der Waals surface area contributed by atoms with Crippen LogP contribution in [0, 0.1) is 5.92 Å². The Hall–Kier alpha value is -0.320. The van der Waals surface area contributed by atoms with Crippen molar-refractivity contribution in [3.05, 3.63) is 0 Å². The third kappa shape index (κ3) is 8.41. The second-order valence-electron chi connectivity index (χ2n) is 4.48. The Bertz CT molecular complexity index is 197. The molecule has 0 bridgehead atoms. The third-order valence-electron chi connectivity index (χ3n) is 3.08. The molecule has 2 N–H and O–H groups in total. The van der Waals surface area contributed by atoms with E-state index >= 15 is 0 Å². The number of methoxy groups -OCH3 is 1. The van der Waals surface area contributed by atoms with Crippen molar-refractivity contribution in [3.8, 4) is 0 Å². The fraction of sp³-hybridized carbons (Fsp3) is 0.917. The molecule has 0 spiro atoms. The van der Waals surface area contributed by atoms with Crippen LogP contribution < -0.4 is 10.6 Å². The number of hydrogen-bond acceptors (Lipinski definition) is 3. The first-order chi connectivity index (χ1) is 7.83. The molecule has 1 aliphatic rings. The summed E-state index contributed by atoms with van der Waals surface area (Å²) in [6.45, 7) is 2.63. The molecule has 0 aromatic rings. The minimum Gasteiger partial charge on any atom is -0.383 e. The molecule has 17 heavy (non-hydrogen) atoms. The van der Waals surface area contributed by atoms with E-state index < -0.39 is 0 Å². The SMILES string of the molecule is COCCNCC(=O)NCC1CCCCC1.Cl. The van der Waals surface area contributed by atoms with Gasteiger partial charge in [0, 0.05) is 20.2 Å². The number of ether oxygens (including phenoxy) is 1. The van der Waals surface area contributed by atoms with Crippen molar-refractivity contribution in [2.45, 2.75) is 32.1 Å². The van der Waals surface area contributed by atoms with Gasteiger partial charge in [-0.25, -0.2) is 0 Å². The highest BCUT2D eigenvalue weighted by Gasteiger charge is 2.13. The second-order valence-corrected chi connectivity index (χ2v) is 4.48. The second kappa shape index (κ2) is 10.8. The number of hydrogen-bond donors (Lipinski definition) is 2. The van der Waals surface area contributed by atoms with Crippen LogP contribution in [0.2, 0.25) is 0 Å². The van der Waals surface area contributed by atoms with Crippen molar-refractivity contribution in [3.63, 3.8) is 0 Å². The Kier molecular flexibility index (Phi) is 10.6. The van der Waals surface area contributed by atoms with Crippen molar-refractivity contribution in [1.29, 1.82) is 0 Å². The van der Waals surface area contributed by atoms with Crippen LogP contribution in [0.4, 0.5) is 0 Å². The normalized spacial score (nSPS) is 16.3. The molecule has 0 radical (unpaired) electrons. The highest BCUT2D eigenvalue weighted by Crippen LogP contribution is 2.22. The van der Waals surface area contributed by atoms with E-state index in [0.29, 0.717) is 19.1 Å². The lowest BCUT2D eigenvalue weighted by Crippen LogP contribution is -2.37. The number of nitrogens with one attached hydrogen (secondary N) is 2. The summed E-state index contributed by atoms with van der Waals surface area (Å²) in [5, 5.41) is 6.02. The lowest BCUT2D eigenvalue weighted by molar-refractivity contribution is -0.120. The van der Waals surface area contributed by atoms with Crippen LogP contribution in [0.15, 0.2) is 0 Å². The van der Waals surface area contributed by atoms with Crippen LogP contribution in [-0.2, 0) is 9.53 Å². The van der Waals surface area contributed by atoms with Crippen molar-refractivity contribution in [1.82, 2.24) is 10.6 Å². The lowest BCUT2D eigenvalue weighted by Gasteiger charge is -2.21. The van der Waals surface area contributed by atoms with Gasteiger partial charge in [-0.1, -0.05) is 19.3 Å². The monoisotopic (exact) mass is 264 g/mol. The van der Waals surface area contributed by atoms with Gasteiger partial charge in [0.25, 0.3) is 0 Å². The zero-order valence-electron chi connectivity index (χ0n) is 10.7. The summed E-state index contributed by atoms with van der Waals surface area (Å²) in [6, 6.07) is 0. The topological polar surface area (TPSA) is 50.4 Å². The molecule has 4 nitrogen and oxygen atoms in total. The van der Waals surface area contributed by atoms with Crippen LogP contribution >= 0.6 is 12.4 Å². The maximum Gasteiger partial charge on any atom is 0.233 e. The molecule has 0 saturated heterocycles. The van der Waals surface area contributed by atoms with Gasteiger partial charge in [0.05, 0.1) is 13.2 Å². The summed E-state index contributed by atoms with van der Waals surface area (Å²) in [7, 11) is 1.66. The molecule has 1 fully saturated rings. The fourth-order valence-electron chi connectivity index (χ4n) is 2.09. The number of amides is 1. The first kappa shape index (κ1) is 16.7. The van der Waals surface area contributed by atoms with Gasteiger partial charge in [-0.05, 0) is 18.8 Å². The standard InChI is InChI=1S/C12H24N2O2.ClH/c1-16-8-7-13-10-12(15)14-9-11-5-3-2-4-6-11;/h11,13H,2-10H2,1H3,(H,14,15);1H. The van der Waals surface area contributed by atoms with Gasteiger partial charge < -0.3 is 15.4 Å². The smallest absolute Gasteiger partial charge is 0.233 e. The van der Waals surface area contributed by atoms with Crippen LogP contribution in [-0.4, -0.2) is 39.3 Å². The molecule has 0 aromatic heterocycles. The van der Waals surface area contributed by atoms with E-state index in [4.69, 9.17) is 4.74 Å². The van der Waals surface area contributed by atoms with Crippen LogP contribution in [0.5, 0.6) is 0 Å². The van der Waals surface area contributed by atoms with Crippen molar-refractivity contribution in [2.75, 3.05) is 33.4 Å². The van der Waals surface area contributed by atoms with Gasteiger partial charge in [-0.2, -0.15) is 0 Å². The van der Waals surface area contributed by atoms with Gasteiger partial charge in [-0.3, -0.25) is 4.79 Å². The molecule has 0 heterocycles. The molecule has 0 unspecified atom stereocenters. The highest BCUT2D eigenvalue weighted by atomic mass is 35.5. The molecule has 1 rings (SSSR count). The van der Waals surface area contributed by atoms with E-state index in [1.54, 1.807) is 7.11 Å². The van der Waals surface area contributed by atoms with E-state index in [9.17, 15) is 4.79 Å². The minimum atomic E-state index is 0. The van der Waals surface area contributed by atoms with Gasteiger partial charge >= 0.3 is 0 Å². The molecule has 102 valence electrons. The van der Waals surface area contributed by atoms with Gasteiger partial charge in [0.1, 0.15) is 0 Å². The van der Waals surface area contributed by atoms with E-state index in [2.05, 4.69) is 10.6 Å². The van der Waals surface area contributed by atoms with Crippen LogP contribution in [0.1, 0.15) is 32.1 Å². The largest absolute Gasteiger partial charge is 0.383 e. The summed E-state index contributed by atoms with van der Waals surface area (Å²) in [4.78, 5) is 11.4. The average Bonchev–Trinajstić information content (AvgIpc) is 2.33. The Labute approximate surface area is 110 Å². The summed E-state index contributed by atoms with van der Waals surface area (Å²) in [6.07, 6.45) is 6.57. The molecule has 1 amide bonds. The predicted octanol–water partition coefficient (Wildman–Crippen LogP) is 1.34. The Balaban J connectivity index is 0.00000256. The number of carbonyl (C=O) groups is 1. The molecular weight excluding hydrogens is 240 g/mol. The fourth-order valence-corrected chi connectivity index (χ4v) is 2.09. The molecular formula is C12H25ClN2O2. The summed E-state index contributed by atoms with van der Waals surface area (Å²) >= 11 is 0. The quantitative estimate of drug-likeness (QED) is 0.683. The highest BCUT2D eigenvalue weighted by molar-refractivity contribution is 5.85. The van der Waals surface area contributed by atoms with Crippen molar-refractivity contribution >= 4 is 18.3 Å². The van der Waals surface area contributed by atoms with E-state index in [0.717, 1.165) is 13.1 Å². The third-order valence-corrected chi connectivity index (χ3v) is 3.08. The maximum absolute atomic E-state index is 11.4. The first-order valence-corrected chi connectivity index (χ1v) is 6.29. The van der Waals surface area contributed by atoms with Gasteiger partial charge in [0.2, 0.25) is 5.91 Å². The summed E-state index contributed by atoms with van der Waals surface area (Å²) < 4.78 is 4.88. The number of rotatable bonds is 7. The van der Waals surface area contributed by atoms with E-state index in [1.807, 2.05) is 0 Å². The molecule has 1 saturated carbocycles. The Morgan fingerprint density at radius 3 is 2.65 bits per heavy atom. The molecule has 1 aliphatic carbocycles. The molecule has 5 heteroatoms. The van der Waals surface area contributed by atoms with Gasteiger partial charge in [-0.15, -0.1) is 12.4 Å². The zero-order chi connectivity index (χ0) is 11.6. The van der Waals surface area contributed by atoms with E-state index in [-0.39, 0.29) is 18.3 Å². The van der Waals surface area contributed by atoms with Crippen LogP contribution in [0.25, 0.3) is 0 Å². The number of carbonyl (C=O) groups excluding carboxylic acids is 1. The zero-order valence-corrected chi connectivity index (χ0v) is 11.5. The minimum absolute atomic E-state index is 0. The predicted molar refractivity (Wildman–Crippen MR) is 71.6 cm³/mol. The van der Waals surface area contributed by atoms with E-state index in [1.165, 1.54) is 32.1 Å². The Morgan fingerprint density at radius 2 is 2.00 bits per heavy atom. The summed E-state index contributed by atoms with van der Waals surface area (Å²) in [5.41, 5.74) is 0. The molecule has 0 aliphatic heterocycles. The van der Waals surface area contributed by atoms with Crippen molar-refractivity contribution < 1.29 is 9.53 Å². The Morgan fingerprint density at radius 1 is 1.29 bits per heavy atom. The number of halogens is 1. The van der Waals surface area contributed by atoms with Gasteiger partial charge in [0.15, 0.2) is 0 Å².